The van der Waals surface area contributed by atoms with E-state index in [0.717, 1.165) is 21.7 Å². The number of aromatic nitrogens is 2. The maximum absolute atomic E-state index is 11.9. The lowest BCUT2D eigenvalue weighted by Gasteiger charge is -2.00. The van der Waals surface area contributed by atoms with Crippen molar-refractivity contribution in [3.8, 4) is 11.3 Å². The number of amides is 1. The molecule has 2 N–H and O–H groups in total. The fourth-order valence-corrected chi connectivity index (χ4v) is 2.87. The Bertz CT molecular complexity index is 846. The minimum absolute atomic E-state index is 0.209. The number of hydrogen-bond acceptors (Lipinski definition) is 4. The van der Waals surface area contributed by atoms with Crippen molar-refractivity contribution in [3.05, 3.63) is 63.5 Å². The number of carbonyl (C=O) groups is 1. The van der Waals surface area contributed by atoms with Crippen molar-refractivity contribution in [2.75, 3.05) is 0 Å². The van der Waals surface area contributed by atoms with Gasteiger partial charge >= 0.3 is 0 Å². The van der Waals surface area contributed by atoms with Gasteiger partial charge in [-0.1, -0.05) is 29.8 Å². The molecule has 2 heterocycles. The van der Waals surface area contributed by atoms with Crippen molar-refractivity contribution >= 4 is 23.5 Å². The molecule has 0 atom stereocenters. The first-order valence-corrected chi connectivity index (χ1v) is 7.95. The van der Waals surface area contributed by atoms with Gasteiger partial charge in [-0.05, 0) is 26.0 Å². The first-order chi connectivity index (χ1) is 11.1. The number of benzene rings is 1. The molecular weight excluding hydrogens is 308 g/mol. The summed E-state index contributed by atoms with van der Waals surface area (Å²) in [5.41, 5.74) is 6.44. The Hall–Kier alpha value is -2.73. The first-order valence-electron chi connectivity index (χ1n) is 7.14. The quantitative estimate of drug-likeness (QED) is 0.569. The number of carbonyl (C=O) groups excluding carboxylic acids is 1. The van der Waals surface area contributed by atoms with E-state index in [2.05, 4.69) is 20.7 Å². The van der Waals surface area contributed by atoms with Gasteiger partial charge < -0.3 is 0 Å². The minimum Gasteiger partial charge on any atom is -0.277 e. The van der Waals surface area contributed by atoms with E-state index in [-0.39, 0.29) is 5.91 Å². The van der Waals surface area contributed by atoms with Crippen LogP contribution in [-0.4, -0.2) is 22.3 Å². The molecule has 0 spiro atoms. The summed E-state index contributed by atoms with van der Waals surface area (Å²) in [5, 5.41) is 11.0. The van der Waals surface area contributed by atoms with Gasteiger partial charge in [-0.3, -0.25) is 9.89 Å². The SMILES string of the molecule is Cc1ccc(-c2[nH]ncc2/C=N\NC(=O)c2ccc(C)s2)cc1. The summed E-state index contributed by atoms with van der Waals surface area (Å²) in [4.78, 5) is 13.7. The maximum Gasteiger partial charge on any atom is 0.281 e. The fourth-order valence-electron chi connectivity index (χ4n) is 2.12. The van der Waals surface area contributed by atoms with Crippen molar-refractivity contribution < 1.29 is 4.79 Å². The van der Waals surface area contributed by atoms with Crippen LogP contribution >= 0.6 is 11.3 Å². The van der Waals surface area contributed by atoms with Crippen LogP contribution in [0.3, 0.4) is 0 Å². The van der Waals surface area contributed by atoms with E-state index >= 15 is 0 Å². The van der Waals surface area contributed by atoms with Gasteiger partial charge in [0, 0.05) is 16.0 Å². The molecule has 23 heavy (non-hydrogen) atoms. The Kier molecular flexibility index (Phi) is 4.34. The van der Waals surface area contributed by atoms with Gasteiger partial charge in [-0.25, -0.2) is 5.43 Å². The molecule has 5 nitrogen and oxygen atoms in total. The summed E-state index contributed by atoms with van der Waals surface area (Å²) >= 11 is 1.44. The molecule has 0 aliphatic rings. The van der Waals surface area contributed by atoms with Crippen LogP contribution in [0.25, 0.3) is 11.3 Å². The van der Waals surface area contributed by atoms with Crippen LogP contribution < -0.4 is 5.43 Å². The molecule has 0 bridgehead atoms. The molecule has 2 aromatic heterocycles. The van der Waals surface area contributed by atoms with E-state index in [4.69, 9.17) is 0 Å². The van der Waals surface area contributed by atoms with E-state index < -0.39 is 0 Å². The molecule has 1 amide bonds. The maximum atomic E-state index is 11.9. The molecule has 6 heteroatoms. The molecule has 0 aliphatic carbocycles. The third kappa shape index (κ3) is 3.54. The highest BCUT2D eigenvalue weighted by atomic mass is 32.1. The molecule has 3 aromatic rings. The largest absolute Gasteiger partial charge is 0.281 e. The Morgan fingerprint density at radius 2 is 2.00 bits per heavy atom. The van der Waals surface area contributed by atoms with Crippen molar-refractivity contribution in [1.82, 2.24) is 15.6 Å². The Morgan fingerprint density at radius 3 is 2.70 bits per heavy atom. The van der Waals surface area contributed by atoms with Crippen LogP contribution in [0, 0.1) is 13.8 Å². The molecule has 0 aliphatic heterocycles. The second kappa shape index (κ2) is 6.58. The minimum atomic E-state index is -0.209. The number of nitrogens with one attached hydrogen (secondary N) is 2. The zero-order valence-corrected chi connectivity index (χ0v) is 13.6. The number of hydrogen-bond donors (Lipinski definition) is 2. The van der Waals surface area contributed by atoms with Crippen LogP contribution in [0.15, 0.2) is 47.7 Å². The first kappa shape index (κ1) is 15.2. The average molecular weight is 324 g/mol. The van der Waals surface area contributed by atoms with E-state index in [1.54, 1.807) is 18.5 Å². The molecule has 0 unspecified atom stereocenters. The predicted octanol–water partition coefficient (Wildman–Crippen LogP) is 3.52. The third-order valence-electron chi connectivity index (χ3n) is 3.34. The Morgan fingerprint density at radius 1 is 1.22 bits per heavy atom. The van der Waals surface area contributed by atoms with Crippen LogP contribution in [0.5, 0.6) is 0 Å². The summed E-state index contributed by atoms with van der Waals surface area (Å²) in [7, 11) is 0. The van der Waals surface area contributed by atoms with E-state index in [1.807, 2.05) is 44.2 Å². The lowest BCUT2D eigenvalue weighted by Crippen LogP contribution is -2.16. The highest BCUT2D eigenvalue weighted by molar-refractivity contribution is 7.13. The van der Waals surface area contributed by atoms with Crippen molar-refractivity contribution in [1.29, 1.82) is 0 Å². The number of hydrazone groups is 1. The topological polar surface area (TPSA) is 70.1 Å². The van der Waals surface area contributed by atoms with Crippen LogP contribution in [0.1, 0.15) is 25.7 Å². The summed E-state index contributed by atoms with van der Waals surface area (Å²) < 4.78 is 0. The number of H-pyrrole nitrogens is 1. The summed E-state index contributed by atoms with van der Waals surface area (Å²) in [5.74, 6) is -0.209. The summed E-state index contributed by atoms with van der Waals surface area (Å²) in [6.07, 6.45) is 3.27. The van der Waals surface area contributed by atoms with E-state index in [0.29, 0.717) is 4.88 Å². The zero-order valence-electron chi connectivity index (χ0n) is 12.8. The van der Waals surface area contributed by atoms with Gasteiger partial charge in [-0.15, -0.1) is 11.3 Å². The molecule has 116 valence electrons. The van der Waals surface area contributed by atoms with Gasteiger partial charge in [0.2, 0.25) is 0 Å². The third-order valence-corrected chi connectivity index (χ3v) is 4.34. The number of rotatable bonds is 4. The molecule has 0 fully saturated rings. The van der Waals surface area contributed by atoms with Gasteiger partial charge in [-0.2, -0.15) is 10.2 Å². The fraction of sp³-hybridized carbons (Fsp3) is 0.118. The molecular formula is C17H16N4OS. The van der Waals surface area contributed by atoms with Crippen molar-refractivity contribution in [2.24, 2.45) is 5.10 Å². The predicted molar refractivity (Wildman–Crippen MR) is 92.9 cm³/mol. The van der Waals surface area contributed by atoms with Crippen molar-refractivity contribution in [2.45, 2.75) is 13.8 Å². The van der Waals surface area contributed by atoms with Gasteiger partial charge in [0.05, 0.1) is 23.0 Å². The number of aromatic amines is 1. The van der Waals surface area contributed by atoms with Crippen LogP contribution in [0.2, 0.25) is 0 Å². The number of nitrogens with zero attached hydrogens (tertiary/aromatic N) is 2. The van der Waals surface area contributed by atoms with E-state index in [1.165, 1.54) is 16.9 Å². The Labute approximate surface area is 138 Å². The highest BCUT2D eigenvalue weighted by Crippen LogP contribution is 2.20. The molecule has 0 saturated carbocycles. The molecule has 0 saturated heterocycles. The summed E-state index contributed by atoms with van der Waals surface area (Å²) in [6.45, 7) is 4.00. The monoisotopic (exact) mass is 324 g/mol. The molecule has 0 radical (unpaired) electrons. The van der Waals surface area contributed by atoms with Crippen LogP contribution in [-0.2, 0) is 0 Å². The average Bonchev–Trinajstić information content (AvgIpc) is 3.17. The Balaban J connectivity index is 1.72. The van der Waals surface area contributed by atoms with Crippen molar-refractivity contribution in [3.63, 3.8) is 0 Å². The second-order valence-electron chi connectivity index (χ2n) is 5.18. The lowest BCUT2D eigenvalue weighted by atomic mass is 10.1. The summed E-state index contributed by atoms with van der Waals surface area (Å²) in [6, 6.07) is 11.8. The lowest BCUT2D eigenvalue weighted by molar-refractivity contribution is 0.0959. The normalized spacial score (nSPS) is 11.0. The smallest absolute Gasteiger partial charge is 0.277 e. The van der Waals surface area contributed by atoms with Gasteiger partial charge in [0.15, 0.2) is 0 Å². The highest BCUT2D eigenvalue weighted by Gasteiger charge is 2.08. The zero-order chi connectivity index (χ0) is 16.2. The number of aryl methyl sites for hydroxylation is 2. The molecule has 3 rings (SSSR count). The van der Waals surface area contributed by atoms with Crippen LogP contribution in [0.4, 0.5) is 0 Å². The van der Waals surface area contributed by atoms with Gasteiger partial charge in [0.1, 0.15) is 0 Å². The second-order valence-corrected chi connectivity index (χ2v) is 6.46. The standard InChI is InChI=1S/C17H16N4OS/c1-11-3-6-13(7-4-11)16-14(9-18-20-16)10-19-21-17(22)15-8-5-12(2)23-15/h3-10H,1-2H3,(H,18,20)(H,21,22)/b19-10-. The van der Waals surface area contributed by atoms with E-state index in [9.17, 15) is 4.79 Å². The molecule has 1 aromatic carbocycles. The van der Waals surface area contributed by atoms with Gasteiger partial charge in [0.25, 0.3) is 5.91 Å². The number of thiophene rings is 1.